The van der Waals surface area contributed by atoms with Gasteiger partial charge in [0.25, 0.3) is 0 Å². The lowest BCUT2D eigenvalue weighted by Crippen LogP contribution is -2.48. The number of nitrogens with zero attached hydrogens (tertiary/aromatic N) is 1. The van der Waals surface area contributed by atoms with Crippen LogP contribution in [0.2, 0.25) is 0 Å². The van der Waals surface area contributed by atoms with Crippen molar-refractivity contribution in [1.82, 2.24) is 4.31 Å². The molecule has 2 rings (SSSR count). The summed E-state index contributed by atoms with van der Waals surface area (Å²) >= 11 is 3.23. The van der Waals surface area contributed by atoms with E-state index in [-0.39, 0.29) is 11.4 Å². The van der Waals surface area contributed by atoms with E-state index in [4.69, 9.17) is 0 Å². The highest BCUT2D eigenvalue weighted by molar-refractivity contribution is 9.10. The monoisotopic (exact) mass is 387 g/mol. The van der Waals surface area contributed by atoms with Crippen molar-refractivity contribution in [2.45, 2.75) is 30.0 Å². The fourth-order valence-corrected chi connectivity index (χ4v) is 3.95. The molecule has 21 heavy (non-hydrogen) atoms. The normalized spacial score (nSPS) is 24.5. The summed E-state index contributed by atoms with van der Waals surface area (Å²) in [5, 5.41) is 9.57. The fraction of sp³-hybridized carbons (Fsp3) is 0.500. The lowest BCUT2D eigenvalue weighted by Gasteiger charge is -2.25. The van der Waals surface area contributed by atoms with Crippen molar-refractivity contribution in [2.24, 2.45) is 0 Å². The zero-order chi connectivity index (χ0) is 16.1. The van der Waals surface area contributed by atoms with E-state index in [9.17, 15) is 26.7 Å². The van der Waals surface area contributed by atoms with Gasteiger partial charge in [-0.15, -0.1) is 0 Å². The standard InChI is InChI=1S/C12H13BrF3NO3S/c1-8-6-9(2-3-10(8)13)21(19,20)17-5-4-11(18,7-17)12(14,15)16/h2-3,6,18H,4-5,7H2,1H3. The molecule has 0 bridgehead atoms. The second-order valence-electron chi connectivity index (χ2n) is 5.03. The van der Waals surface area contributed by atoms with Crippen molar-refractivity contribution in [3.63, 3.8) is 0 Å². The van der Waals surface area contributed by atoms with Crippen LogP contribution < -0.4 is 0 Å². The molecule has 1 aliphatic rings. The summed E-state index contributed by atoms with van der Waals surface area (Å²) in [4.78, 5) is -0.0883. The van der Waals surface area contributed by atoms with Crippen molar-refractivity contribution in [3.05, 3.63) is 28.2 Å². The number of benzene rings is 1. The smallest absolute Gasteiger partial charge is 0.379 e. The van der Waals surface area contributed by atoms with E-state index >= 15 is 0 Å². The van der Waals surface area contributed by atoms with Crippen LogP contribution in [0.25, 0.3) is 0 Å². The van der Waals surface area contributed by atoms with Gasteiger partial charge in [-0.25, -0.2) is 8.42 Å². The zero-order valence-electron chi connectivity index (χ0n) is 11.0. The van der Waals surface area contributed by atoms with E-state index in [1.165, 1.54) is 18.2 Å². The minimum absolute atomic E-state index is 0.0883. The molecular formula is C12H13BrF3NO3S. The van der Waals surface area contributed by atoms with Gasteiger partial charge in [-0.05, 0) is 30.7 Å². The second kappa shape index (κ2) is 5.22. The van der Waals surface area contributed by atoms with Crippen molar-refractivity contribution in [3.8, 4) is 0 Å². The van der Waals surface area contributed by atoms with Crippen molar-refractivity contribution in [2.75, 3.05) is 13.1 Å². The fourth-order valence-electron chi connectivity index (χ4n) is 2.12. The number of alkyl halides is 3. The van der Waals surface area contributed by atoms with Crippen molar-refractivity contribution in [1.29, 1.82) is 0 Å². The number of halogens is 4. The van der Waals surface area contributed by atoms with E-state index < -0.39 is 34.8 Å². The molecule has 1 atom stereocenters. The Bertz CT molecular complexity index is 662. The zero-order valence-corrected chi connectivity index (χ0v) is 13.4. The summed E-state index contributed by atoms with van der Waals surface area (Å²) in [5.41, 5.74) is -2.33. The molecule has 0 radical (unpaired) electrons. The van der Waals surface area contributed by atoms with Crippen molar-refractivity contribution >= 4 is 26.0 Å². The average molecular weight is 388 g/mol. The Morgan fingerprint density at radius 3 is 2.48 bits per heavy atom. The predicted molar refractivity (Wildman–Crippen MR) is 73.3 cm³/mol. The van der Waals surface area contributed by atoms with Gasteiger partial charge in [-0.2, -0.15) is 17.5 Å². The quantitative estimate of drug-likeness (QED) is 0.847. The number of rotatable bonds is 2. The minimum atomic E-state index is -4.85. The Kier molecular flexibility index (Phi) is 4.16. The molecule has 9 heteroatoms. The van der Waals surface area contributed by atoms with Crippen LogP contribution in [0.4, 0.5) is 13.2 Å². The lowest BCUT2D eigenvalue weighted by atomic mass is 10.0. The summed E-state index contributed by atoms with van der Waals surface area (Å²) < 4.78 is 64.3. The third kappa shape index (κ3) is 2.96. The predicted octanol–water partition coefficient (Wildman–Crippen LogP) is 2.45. The first-order valence-electron chi connectivity index (χ1n) is 6.03. The first-order valence-corrected chi connectivity index (χ1v) is 8.26. The number of hydrogen-bond donors (Lipinski definition) is 1. The van der Waals surface area contributed by atoms with Gasteiger partial charge in [0, 0.05) is 17.4 Å². The summed E-state index contributed by atoms with van der Waals surface area (Å²) in [6.07, 6.45) is -5.52. The lowest BCUT2D eigenvalue weighted by molar-refractivity contribution is -0.252. The molecule has 0 spiro atoms. The van der Waals surface area contributed by atoms with E-state index in [2.05, 4.69) is 15.9 Å². The highest BCUT2D eigenvalue weighted by atomic mass is 79.9. The molecule has 0 aliphatic carbocycles. The Labute approximate surface area is 128 Å². The van der Waals surface area contributed by atoms with E-state index in [0.29, 0.717) is 14.3 Å². The summed E-state index contributed by atoms with van der Waals surface area (Å²) in [5.74, 6) is 0. The van der Waals surface area contributed by atoms with Gasteiger partial charge in [0.1, 0.15) is 0 Å². The number of aryl methyl sites for hydroxylation is 1. The maximum Gasteiger partial charge on any atom is 0.418 e. The highest BCUT2D eigenvalue weighted by Crippen LogP contribution is 2.39. The maximum absolute atomic E-state index is 12.7. The average Bonchev–Trinajstić information content (AvgIpc) is 2.77. The van der Waals surface area contributed by atoms with Crippen LogP contribution in [-0.4, -0.2) is 42.7 Å². The van der Waals surface area contributed by atoms with Gasteiger partial charge in [0.15, 0.2) is 5.60 Å². The molecular weight excluding hydrogens is 375 g/mol. The molecule has 1 aromatic rings. The third-order valence-corrected chi connectivity index (χ3v) is 6.24. The summed E-state index contributed by atoms with van der Waals surface area (Å²) in [7, 11) is -4.06. The van der Waals surface area contributed by atoms with Crippen molar-refractivity contribution < 1.29 is 26.7 Å². The topological polar surface area (TPSA) is 57.6 Å². The van der Waals surface area contributed by atoms with Gasteiger partial charge in [0.05, 0.1) is 11.4 Å². The largest absolute Gasteiger partial charge is 0.418 e. The first kappa shape index (κ1) is 16.7. The molecule has 118 valence electrons. The Balaban J connectivity index is 2.32. The molecule has 0 amide bonds. The molecule has 0 saturated carbocycles. The van der Waals surface area contributed by atoms with Gasteiger partial charge < -0.3 is 5.11 Å². The van der Waals surface area contributed by atoms with Gasteiger partial charge in [0.2, 0.25) is 10.0 Å². The summed E-state index contributed by atoms with van der Waals surface area (Å²) in [6, 6.07) is 4.22. The van der Waals surface area contributed by atoms with Crippen LogP contribution in [0, 0.1) is 6.92 Å². The number of sulfonamides is 1. The Morgan fingerprint density at radius 2 is 2.00 bits per heavy atom. The molecule has 1 heterocycles. The Hall–Kier alpha value is -0.640. The molecule has 1 N–H and O–H groups in total. The number of β-amino-alcohol motifs (C(OH)–C–C–N with tert-alkyl or cyclic N) is 1. The third-order valence-electron chi connectivity index (χ3n) is 3.51. The van der Waals surface area contributed by atoms with Crippen LogP contribution in [0.3, 0.4) is 0 Å². The highest BCUT2D eigenvalue weighted by Gasteiger charge is 2.58. The molecule has 1 fully saturated rings. The van der Waals surface area contributed by atoms with E-state index in [1.807, 2.05) is 0 Å². The number of aliphatic hydroxyl groups is 1. The first-order chi connectivity index (χ1) is 9.47. The maximum atomic E-state index is 12.7. The molecule has 1 unspecified atom stereocenters. The minimum Gasteiger partial charge on any atom is -0.379 e. The van der Waals surface area contributed by atoms with Crippen LogP contribution >= 0.6 is 15.9 Å². The molecule has 1 saturated heterocycles. The second-order valence-corrected chi connectivity index (χ2v) is 7.82. The van der Waals surface area contributed by atoms with Crippen LogP contribution in [-0.2, 0) is 10.0 Å². The van der Waals surface area contributed by atoms with Gasteiger partial charge in [-0.3, -0.25) is 0 Å². The molecule has 1 aliphatic heterocycles. The molecule has 0 aromatic heterocycles. The Morgan fingerprint density at radius 1 is 1.38 bits per heavy atom. The molecule has 4 nitrogen and oxygen atoms in total. The molecule has 1 aromatic carbocycles. The van der Waals surface area contributed by atoms with E-state index in [1.54, 1.807) is 6.92 Å². The SMILES string of the molecule is Cc1cc(S(=O)(=O)N2CCC(O)(C(F)(F)F)C2)ccc1Br. The number of hydrogen-bond acceptors (Lipinski definition) is 3. The van der Waals surface area contributed by atoms with Crippen LogP contribution in [0.1, 0.15) is 12.0 Å². The summed E-state index contributed by atoms with van der Waals surface area (Å²) in [6.45, 7) is 0.334. The van der Waals surface area contributed by atoms with Crippen LogP contribution in [0.5, 0.6) is 0 Å². The van der Waals surface area contributed by atoms with Gasteiger partial charge in [-0.1, -0.05) is 15.9 Å². The van der Waals surface area contributed by atoms with Gasteiger partial charge >= 0.3 is 6.18 Å². The van der Waals surface area contributed by atoms with Crippen LogP contribution in [0.15, 0.2) is 27.6 Å². The van der Waals surface area contributed by atoms with E-state index in [0.717, 1.165) is 0 Å².